The molecule has 4 aromatic rings. The molecule has 0 spiro atoms. The molecule has 0 saturated carbocycles. The Kier molecular flexibility index (Phi) is 11.9. The highest BCUT2D eigenvalue weighted by Crippen LogP contribution is 2.20. The number of hydrogen-bond acceptors (Lipinski definition) is 7. The first-order valence-corrected chi connectivity index (χ1v) is 15.5. The fraction of sp³-hybridized carbons (Fsp3) is 0.361. The van der Waals surface area contributed by atoms with Crippen LogP contribution in [-0.2, 0) is 33.8 Å². The molecule has 0 bridgehead atoms. The summed E-state index contributed by atoms with van der Waals surface area (Å²) in [6.45, 7) is 5.49. The summed E-state index contributed by atoms with van der Waals surface area (Å²) in [7, 11) is 3.35. The van der Waals surface area contributed by atoms with Crippen molar-refractivity contribution in [2.24, 2.45) is 0 Å². The SMILES string of the molecule is Cc1noc(COCC(Cc2ccccc2)N(C)C(=O)C(Cc2ccc3ccccc3c2)N(C)C(=O)/C=C/CC(C)(C)NC(=O)O)n1. The van der Waals surface area contributed by atoms with Gasteiger partial charge in [-0.3, -0.25) is 9.59 Å². The number of rotatable bonds is 15. The lowest BCUT2D eigenvalue weighted by molar-refractivity contribution is -0.144. The molecule has 2 unspecified atom stereocenters. The molecule has 11 nitrogen and oxygen atoms in total. The summed E-state index contributed by atoms with van der Waals surface area (Å²) in [5, 5.41) is 17.5. The quantitative estimate of drug-likeness (QED) is 0.169. The van der Waals surface area contributed by atoms with Gasteiger partial charge in [-0.2, -0.15) is 4.98 Å². The van der Waals surface area contributed by atoms with Crippen molar-refractivity contribution in [3.63, 3.8) is 0 Å². The lowest BCUT2D eigenvalue weighted by atomic mass is 9.98. The van der Waals surface area contributed by atoms with Gasteiger partial charge in [0, 0.05) is 26.1 Å². The smallest absolute Gasteiger partial charge is 0.405 e. The summed E-state index contributed by atoms with van der Waals surface area (Å²) in [5.74, 6) is 0.249. The van der Waals surface area contributed by atoms with Crippen LogP contribution in [0.15, 0.2) is 89.5 Å². The molecule has 0 aliphatic heterocycles. The predicted molar refractivity (Wildman–Crippen MR) is 179 cm³/mol. The first kappa shape index (κ1) is 34.8. The van der Waals surface area contributed by atoms with Gasteiger partial charge in [0.25, 0.3) is 5.89 Å². The Morgan fingerprint density at radius 1 is 0.957 bits per heavy atom. The minimum Gasteiger partial charge on any atom is -0.465 e. The predicted octanol–water partition coefficient (Wildman–Crippen LogP) is 5.18. The number of hydrogen-bond donors (Lipinski definition) is 2. The van der Waals surface area contributed by atoms with Gasteiger partial charge in [0.15, 0.2) is 5.82 Å². The standard InChI is InChI=1S/C36H43N5O6/c1-25-37-32(47-39-25)24-46-23-30(21-26-12-7-6-8-13-26)40(4)34(43)31(22-27-17-18-28-14-9-10-15-29(28)20-27)41(5)33(42)16-11-19-36(2,3)38-35(44)45/h6-18,20,30-31,38H,19,21-24H2,1-5H3,(H,44,45)/b16-11+. The van der Waals surface area contributed by atoms with E-state index in [1.807, 2.05) is 72.8 Å². The number of amides is 3. The molecule has 3 aromatic carbocycles. The van der Waals surface area contributed by atoms with E-state index in [4.69, 9.17) is 14.4 Å². The van der Waals surface area contributed by atoms with Crippen molar-refractivity contribution in [2.45, 2.75) is 64.3 Å². The average Bonchev–Trinajstić information content (AvgIpc) is 3.46. The lowest BCUT2D eigenvalue weighted by Crippen LogP contribution is -2.53. The van der Waals surface area contributed by atoms with E-state index in [0.717, 1.165) is 21.9 Å². The van der Waals surface area contributed by atoms with Crippen LogP contribution >= 0.6 is 0 Å². The third kappa shape index (κ3) is 10.2. The number of carbonyl (C=O) groups excluding carboxylic acids is 2. The zero-order valence-electron chi connectivity index (χ0n) is 27.6. The highest BCUT2D eigenvalue weighted by Gasteiger charge is 2.32. The monoisotopic (exact) mass is 641 g/mol. The maximum Gasteiger partial charge on any atom is 0.405 e. The summed E-state index contributed by atoms with van der Waals surface area (Å²) in [6.07, 6.45) is 2.98. The minimum atomic E-state index is -1.14. The summed E-state index contributed by atoms with van der Waals surface area (Å²) < 4.78 is 11.2. The Labute approximate surface area is 275 Å². The first-order valence-electron chi connectivity index (χ1n) is 15.5. The van der Waals surface area contributed by atoms with Crippen LogP contribution in [0.4, 0.5) is 4.79 Å². The Hall–Kier alpha value is -5.03. The number of nitrogens with one attached hydrogen (secondary N) is 1. The number of aryl methyl sites for hydroxylation is 1. The van der Waals surface area contributed by atoms with Crippen LogP contribution in [0, 0.1) is 6.92 Å². The molecular formula is C36H43N5O6. The van der Waals surface area contributed by atoms with Gasteiger partial charge in [0.2, 0.25) is 11.8 Å². The van der Waals surface area contributed by atoms with Gasteiger partial charge in [-0.05, 0) is 61.6 Å². The molecule has 0 saturated heterocycles. The molecule has 0 aliphatic rings. The van der Waals surface area contributed by atoms with Crippen molar-refractivity contribution in [3.8, 4) is 0 Å². The van der Waals surface area contributed by atoms with Gasteiger partial charge < -0.3 is 29.5 Å². The topological polar surface area (TPSA) is 138 Å². The van der Waals surface area contributed by atoms with E-state index in [1.54, 1.807) is 45.8 Å². The minimum absolute atomic E-state index is 0.102. The maximum atomic E-state index is 14.4. The number of benzene rings is 3. The third-order valence-corrected chi connectivity index (χ3v) is 7.99. The van der Waals surface area contributed by atoms with Gasteiger partial charge in [0.05, 0.1) is 12.6 Å². The maximum absolute atomic E-state index is 14.4. The Bertz CT molecular complexity index is 1690. The summed E-state index contributed by atoms with van der Waals surface area (Å²) in [6, 6.07) is 22.7. The third-order valence-electron chi connectivity index (χ3n) is 7.99. The number of likely N-dealkylation sites (N-methyl/N-ethyl adjacent to an activating group) is 2. The Morgan fingerprint density at radius 2 is 1.66 bits per heavy atom. The van der Waals surface area contributed by atoms with E-state index in [9.17, 15) is 14.4 Å². The highest BCUT2D eigenvalue weighted by atomic mass is 16.5. The molecule has 2 atom stereocenters. The van der Waals surface area contributed by atoms with Crippen LogP contribution in [-0.4, -0.2) is 81.3 Å². The molecule has 47 heavy (non-hydrogen) atoms. The van der Waals surface area contributed by atoms with Crippen LogP contribution in [0.5, 0.6) is 0 Å². The molecule has 4 rings (SSSR count). The Balaban J connectivity index is 1.58. The first-order chi connectivity index (χ1) is 22.4. The molecule has 2 N–H and O–H groups in total. The van der Waals surface area contributed by atoms with Crippen molar-refractivity contribution >= 4 is 28.7 Å². The fourth-order valence-corrected chi connectivity index (χ4v) is 5.33. The van der Waals surface area contributed by atoms with Gasteiger partial charge >= 0.3 is 6.09 Å². The summed E-state index contributed by atoms with van der Waals surface area (Å²) in [4.78, 5) is 46.4. The Morgan fingerprint density at radius 3 is 2.34 bits per heavy atom. The largest absolute Gasteiger partial charge is 0.465 e. The van der Waals surface area contributed by atoms with Crippen molar-refractivity contribution in [3.05, 3.63) is 108 Å². The van der Waals surface area contributed by atoms with Crippen molar-refractivity contribution < 1.29 is 28.8 Å². The van der Waals surface area contributed by atoms with Crippen LogP contribution in [0.3, 0.4) is 0 Å². The molecule has 248 valence electrons. The summed E-state index contributed by atoms with van der Waals surface area (Å²) >= 11 is 0. The second kappa shape index (κ2) is 16.0. The molecule has 1 aromatic heterocycles. The van der Waals surface area contributed by atoms with Gasteiger partial charge in [0.1, 0.15) is 12.6 Å². The van der Waals surface area contributed by atoms with Crippen LogP contribution in [0.2, 0.25) is 0 Å². The number of nitrogens with zero attached hydrogens (tertiary/aromatic N) is 4. The fourth-order valence-electron chi connectivity index (χ4n) is 5.33. The highest BCUT2D eigenvalue weighted by molar-refractivity contribution is 5.93. The van der Waals surface area contributed by atoms with E-state index in [-0.39, 0.29) is 43.9 Å². The van der Waals surface area contributed by atoms with E-state index in [1.165, 1.54) is 11.0 Å². The van der Waals surface area contributed by atoms with Crippen molar-refractivity contribution in [1.29, 1.82) is 0 Å². The average molecular weight is 642 g/mol. The van der Waals surface area contributed by atoms with Crippen LogP contribution < -0.4 is 5.32 Å². The normalized spacial score (nSPS) is 13.0. The number of ether oxygens (including phenoxy) is 1. The zero-order valence-corrected chi connectivity index (χ0v) is 27.6. The molecule has 3 amide bonds. The van der Waals surface area contributed by atoms with Gasteiger partial charge in [-0.15, -0.1) is 0 Å². The number of carbonyl (C=O) groups is 3. The second-order valence-corrected chi connectivity index (χ2v) is 12.3. The molecule has 0 fully saturated rings. The molecule has 0 radical (unpaired) electrons. The number of fused-ring (bicyclic) bond motifs is 1. The van der Waals surface area contributed by atoms with Gasteiger partial charge in [-0.1, -0.05) is 84.0 Å². The molecule has 1 heterocycles. The van der Waals surface area contributed by atoms with E-state index < -0.39 is 17.7 Å². The lowest BCUT2D eigenvalue weighted by Gasteiger charge is -2.35. The number of aromatic nitrogens is 2. The molecular weight excluding hydrogens is 598 g/mol. The molecule has 11 heteroatoms. The van der Waals surface area contributed by atoms with E-state index in [2.05, 4.69) is 15.5 Å². The zero-order chi connectivity index (χ0) is 34.0. The van der Waals surface area contributed by atoms with E-state index in [0.29, 0.717) is 18.1 Å². The summed E-state index contributed by atoms with van der Waals surface area (Å²) in [5.41, 5.74) is 1.17. The molecule has 0 aliphatic carbocycles. The van der Waals surface area contributed by atoms with Crippen LogP contribution in [0.1, 0.15) is 43.1 Å². The van der Waals surface area contributed by atoms with Crippen molar-refractivity contribution in [2.75, 3.05) is 20.7 Å². The second-order valence-electron chi connectivity index (χ2n) is 12.3. The van der Waals surface area contributed by atoms with E-state index >= 15 is 0 Å². The van der Waals surface area contributed by atoms with Gasteiger partial charge in [-0.25, -0.2) is 4.79 Å². The van der Waals surface area contributed by atoms with Crippen LogP contribution in [0.25, 0.3) is 10.8 Å². The number of carboxylic acid groups (broad SMARTS) is 1. The van der Waals surface area contributed by atoms with Crippen molar-refractivity contribution in [1.82, 2.24) is 25.3 Å².